The van der Waals surface area contributed by atoms with Gasteiger partial charge in [-0.2, -0.15) is 0 Å². The predicted octanol–water partition coefficient (Wildman–Crippen LogP) is 1.76. The van der Waals surface area contributed by atoms with Gasteiger partial charge < -0.3 is 0 Å². The van der Waals surface area contributed by atoms with Crippen LogP contribution in [0.25, 0.3) is 0 Å². The van der Waals surface area contributed by atoms with Crippen molar-refractivity contribution in [2.24, 2.45) is 5.92 Å². The van der Waals surface area contributed by atoms with E-state index in [1.807, 2.05) is 44.2 Å². The molecular formula is C14H16O2Se. The molecule has 1 aliphatic rings. The van der Waals surface area contributed by atoms with Crippen LogP contribution in [-0.2, 0) is 9.59 Å². The van der Waals surface area contributed by atoms with Crippen molar-refractivity contribution in [3.05, 3.63) is 30.3 Å². The van der Waals surface area contributed by atoms with E-state index in [4.69, 9.17) is 0 Å². The Morgan fingerprint density at radius 2 is 1.59 bits per heavy atom. The summed E-state index contributed by atoms with van der Waals surface area (Å²) < 4.78 is 0.436. The Morgan fingerprint density at radius 3 is 2.06 bits per heavy atom. The van der Waals surface area contributed by atoms with E-state index in [1.165, 1.54) is 0 Å². The molecule has 1 aromatic rings. The van der Waals surface area contributed by atoms with Gasteiger partial charge in [-0.15, -0.1) is 0 Å². The van der Waals surface area contributed by atoms with Gasteiger partial charge in [0.1, 0.15) is 0 Å². The maximum absolute atomic E-state index is 12.1. The van der Waals surface area contributed by atoms with E-state index in [9.17, 15) is 9.59 Å². The van der Waals surface area contributed by atoms with Crippen molar-refractivity contribution < 1.29 is 9.59 Å². The van der Waals surface area contributed by atoms with E-state index in [2.05, 4.69) is 0 Å². The van der Waals surface area contributed by atoms with Crippen molar-refractivity contribution in [1.82, 2.24) is 0 Å². The molecule has 0 saturated heterocycles. The van der Waals surface area contributed by atoms with Gasteiger partial charge in [0.15, 0.2) is 0 Å². The molecule has 1 aromatic carbocycles. The van der Waals surface area contributed by atoms with Crippen molar-refractivity contribution in [2.45, 2.75) is 31.0 Å². The number of carbonyl (C=O) groups is 2. The average Bonchev–Trinajstić information content (AvgIpc) is 2.59. The first-order valence-corrected chi connectivity index (χ1v) is 7.59. The minimum atomic E-state index is -0.700. The van der Waals surface area contributed by atoms with E-state index < -0.39 is 4.31 Å². The molecule has 0 radical (unpaired) electrons. The number of rotatable bonds is 3. The van der Waals surface area contributed by atoms with Gasteiger partial charge in [-0.05, 0) is 0 Å². The van der Waals surface area contributed by atoms with Crippen LogP contribution in [0.15, 0.2) is 30.3 Å². The molecule has 2 nitrogen and oxygen atoms in total. The number of hydrogen-bond donors (Lipinski definition) is 0. The zero-order valence-corrected chi connectivity index (χ0v) is 11.8. The molecule has 0 unspecified atom stereocenters. The van der Waals surface area contributed by atoms with Crippen LogP contribution < -0.4 is 4.46 Å². The summed E-state index contributed by atoms with van der Waals surface area (Å²) in [6.45, 7) is 3.98. The molecule has 0 amide bonds. The molecule has 0 N–H and O–H groups in total. The second kappa shape index (κ2) is 4.75. The van der Waals surface area contributed by atoms with Crippen LogP contribution in [-0.4, -0.2) is 26.5 Å². The summed E-state index contributed by atoms with van der Waals surface area (Å²) in [7, 11) is 0. The van der Waals surface area contributed by atoms with E-state index in [0.29, 0.717) is 12.8 Å². The molecule has 3 heteroatoms. The van der Waals surface area contributed by atoms with Crippen LogP contribution in [0.3, 0.4) is 0 Å². The Hall–Kier alpha value is -0.921. The molecule has 1 saturated carbocycles. The monoisotopic (exact) mass is 296 g/mol. The fourth-order valence-electron chi connectivity index (χ4n) is 2.30. The molecule has 1 aliphatic carbocycles. The third-order valence-electron chi connectivity index (χ3n) is 3.24. The van der Waals surface area contributed by atoms with Gasteiger partial charge in [0.05, 0.1) is 0 Å². The SMILES string of the molecule is CC(C)C1([Se]c2ccccc2)C(=O)CCC1=O. The summed E-state index contributed by atoms with van der Waals surface area (Å²) in [6.07, 6.45) is 0.872. The molecule has 0 aromatic heterocycles. The summed E-state index contributed by atoms with van der Waals surface area (Å²) in [5.74, 6) is 0.410. The Bertz CT molecular complexity index is 421. The average molecular weight is 295 g/mol. The molecule has 0 spiro atoms. The second-order valence-electron chi connectivity index (χ2n) is 4.65. The zero-order chi connectivity index (χ0) is 12.5. The Morgan fingerprint density at radius 1 is 1.06 bits per heavy atom. The van der Waals surface area contributed by atoms with Gasteiger partial charge in [0.25, 0.3) is 0 Å². The number of ketones is 2. The van der Waals surface area contributed by atoms with E-state index >= 15 is 0 Å². The van der Waals surface area contributed by atoms with Gasteiger partial charge in [-0.1, -0.05) is 0 Å². The molecule has 0 bridgehead atoms. The fourth-order valence-corrected chi connectivity index (χ4v) is 5.10. The van der Waals surface area contributed by atoms with Crippen LogP contribution in [0, 0.1) is 5.92 Å². The molecule has 2 rings (SSSR count). The second-order valence-corrected chi connectivity index (χ2v) is 7.42. The van der Waals surface area contributed by atoms with Gasteiger partial charge in [-0.25, -0.2) is 0 Å². The summed E-state index contributed by atoms with van der Waals surface area (Å²) in [5, 5.41) is 0. The third-order valence-corrected chi connectivity index (χ3v) is 6.93. The minimum absolute atomic E-state index is 0.0902. The van der Waals surface area contributed by atoms with Crippen LogP contribution >= 0.6 is 0 Å². The van der Waals surface area contributed by atoms with Crippen molar-refractivity contribution >= 4 is 31.0 Å². The van der Waals surface area contributed by atoms with Crippen LogP contribution in [0.4, 0.5) is 0 Å². The summed E-state index contributed by atoms with van der Waals surface area (Å²) in [4.78, 5) is 24.3. The molecule has 17 heavy (non-hydrogen) atoms. The van der Waals surface area contributed by atoms with Crippen LogP contribution in [0.1, 0.15) is 26.7 Å². The summed E-state index contributed by atoms with van der Waals surface area (Å²) in [5.41, 5.74) is 0. The Kier molecular flexibility index (Phi) is 3.50. The fraction of sp³-hybridized carbons (Fsp3) is 0.429. The topological polar surface area (TPSA) is 34.1 Å². The van der Waals surface area contributed by atoms with Crippen molar-refractivity contribution in [3.8, 4) is 0 Å². The van der Waals surface area contributed by atoms with Gasteiger partial charge in [-0.3, -0.25) is 0 Å². The Balaban J connectivity index is 2.36. The molecule has 90 valence electrons. The molecule has 0 heterocycles. The van der Waals surface area contributed by atoms with E-state index in [1.54, 1.807) is 0 Å². The number of benzene rings is 1. The Labute approximate surface area is 108 Å². The first-order chi connectivity index (χ1) is 8.07. The molecule has 1 fully saturated rings. The van der Waals surface area contributed by atoms with E-state index in [0.717, 1.165) is 4.46 Å². The number of carbonyl (C=O) groups excluding carboxylic acids is 2. The number of Topliss-reactive ketones (excluding diaryl/α,β-unsaturated/α-hetero) is 2. The van der Waals surface area contributed by atoms with Gasteiger partial charge in [0.2, 0.25) is 0 Å². The van der Waals surface area contributed by atoms with Gasteiger partial charge in [0, 0.05) is 0 Å². The first-order valence-electron chi connectivity index (χ1n) is 5.88. The zero-order valence-electron chi connectivity index (χ0n) is 10.1. The standard InChI is InChI=1S/C14H16O2Se/c1-10(2)14(12(15)8-9-13(14)16)17-11-6-4-3-5-7-11/h3-7,10H,8-9H2,1-2H3. The van der Waals surface area contributed by atoms with E-state index in [-0.39, 0.29) is 32.4 Å². The maximum atomic E-state index is 12.1. The molecule has 0 aliphatic heterocycles. The first kappa shape index (κ1) is 12.5. The normalized spacial score (nSPS) is 19.0. The summed E-state index contributed by atoms with van der Waals surface area (Å²) in [6, 6.07) is 9.93. The van der Waals surface area contributed by atoms with Crippen molar-refractivity contribution in [1.29, 1.82) is 0 Å². The number of hydrogen-bond acceptors (Lipinski definition) is 2. The molecule has 0 atom stereocenters. The van der Waals surface area contributed by atoms with Crippen LogP contribution in [0.5, 0.6) is 0 Å². The van der Waals surface area contributed by atoms with Crippen LogP contribution in [0.2, 0.25) is 4.31 Å². The van der Waals surface area contributed by atoms with Crippen molar-refractivity contribution in [3.63, 3.8) is 0 Å². The summed E-state index contributed by atoms with van der Waals surface area (Å²) >= 11 is -0.0902. The van der Waals surface area contributed by atoms with Gasteiger partial charge >= 0.3 is 108 Å². The quantitative estimate of drug-likeness (QED) is 0.629. The third kappa shape index (κ3) is 2.10. The predicted molar refractivity (Wildman–Crippen MR) is 68.6 cm³/mol. The molecular weight excluding hydrogens is 279 g/mol. The van der Waals surface area contributed by atoms with Crippen molar-refractivity contribution in [2.75, 3.05) is 0 Å².